The number of hydrogen-bond acceptors (Lipinski definition) is 4. The van der Waals surface area contributed by atoms with Crippen LogP contribution in [0.25, 0.3) is 0 Å². The first-order chi connectivity index (χ1) is 8.20. The molecule has 92 valence electrons. The van der Waals surface area contributed by atoms with E-state index in [-0.39, 0.29) is 12.1 Å². The molecule has 0 amide bonds. The first-order valence-corrected chi connectivity index (χ1v) is 5.79. The summed E-state index contributed by atoms with van der Waals surface area (Å²) in [7, 11) is 0. The van der Waals surface area contributed by atoms with Gasteiger partial charge >= 0.3 is 5.97 Å². The van der Waals surface area contributed by atoms with Gasteiger partial charge < -0.3 is 14.2 Å². The quantitative estimate of drug-likeness (QED) is 0.599. The van der Waals surface area contributed by atoms with Crippen LogP contribution in [-0.4, -0.2) is 31.9 Å². The van der Waals surface area contributed by atoms with Crippen LogP contribution in [-0.2, 0) is 9.47 Å². The van der Waals surface area contributed by atoms with E-state index < -0.39 is 0 Å². The SMILES string of the molecule is CCOC(=O)c1ccc(Cl)c(OCC2CO2)c1. The molecule has 1 aliphatic heterocycles. The minimum absolute atomic E-state index is 0.150. The van der Waals surface area contributed by atoms with Crippen LogP contribution in [0.5, 0.6) is 5.75 Å². The van der Waals surface area contributed by atoms with E-state index in [1.807, 2.05) is 0 Å². The molecule has 1 aromatic carbocycles. The Morgan fingerprint density at radius 1 is 1.59 bits per heavy atom. The monoisotopic (exact) mass is 256 g/mol. The number of rotatable bonds is 5. The summed E-state index contributed by atoms with van der Waals surface area (Å²) in [5, 5.41) is 0.471. The molecule has 1 aliphatic rings. The molecule has 0 spiro atoms. The van der Waals surface area contributed by atoms with Gasteiger partial charge in [0, 0.05) is 0 Å². The van der Waals surface area contributed by atoms with Gasteiger partial charge in [0.1, 0.15) is 18.5 Å². The van der Waals surface area contributed by atoms with Gasteiger partial charge in [0.2, 0.25) is 0 Å². The molecule has 4 nitrogen and oxygen atoms in total. The lowest BCUT2D eigenvalue weighted by Crippen LogP contribution is -2.07. The highest BCUT2D eigenvalue weighted by molar-refractivity contribution is 6.32. The third kappa shape index (κ3) is 3.35. The van der Waals surface area contributed by atoms with E-state index in [1.165, 1.54) is 0 Å². The highest BCUT2D eigenvalue weighted by Crippen LogP contribution is 2.27. The molecule has 0 aromatic heterocycles. The first kappa shape index (κ1) is 12.2. The Balaban J connectivity index is 2.07. The highest BCUT2D eigenvalue weighted by atomic mass is 35.5. The fraction of sp³-hybridized carbons (Fsp3) is 0.417. The number of ether oxygens (including phenoxy) is 3. The summed E-state index contributed by atoms with van der Waals surface area (Å²) in [6, 6.07) is 4.82. The number of benzene rings is 1. The predicted molar refractivity (Wildman–Crippen MR) is 62.6 cm³/mol. The Kier molecular flexibility index (Phi) is 3.86. The van der Waals surface area contributed by atoms with Crippen molar-refractivity contribution in [1.29, 1.82) is 0 Å². The lowest BCUT2D eigenvalue weighted by Gasteiger charge is -2.08. The molecule has 0 bridgehead atoms. The fourth-order valence-corrected chi connectivity index (χ4v) is 1.47. The molecule has 0 aliphatic carbocycles. The van der Waals surface area contributed by atoms with Crippen molar-refractivity contribution >= 4 is 17.6 Å². The molecule has 1 aromatic rings. The average Bonchev–Trinajstić information content (AvgIpc) is 3.12. The minimum Gasteiger partial charge on any atom is -0.489 e. The standard InChI is InChI=1S/C12H13ClO4/c1-2-15-12(14)8-3-4-10(13)11(5-8)17-7-9-6-16-9/h3-5,9H,2,6-7H2,1H3. The number of carbonyl (C=O) groups is 1. The summed E-state index contributed by atoms with van der Waals surface area (Å²) in [5.74, 6) is 0.101. The molecule has 0 N–H and O–H groups in total. The maximum atomic E-state index is 11.5. The van der Waals surface area contributed by atoms with Crippen molar-refractivity contribution in [1.82, 2.24) is 0 Å². The maximum absolute atomic E-state index is 11.5. The minimum atomic E-state index is -0.378. The molecule has 5 heteroatoms. The van der Waals surface area contributed by atoms with E-state index in [0.717, 1.165) is 6.61 Å². The normalized spacial score (nSPS) is 17.6. The van der Waals surface area contributed by atoms with Crippen LogP contribution in [0.1, 0.15) is 17.3 Å². The number of halogens is 1. The molecule has 1 saturated heterocycles. The number of epoxide rings is 1. The van der Waals surface area contributed by atoms with Crippen LogP contribution >= 0.6 is 11.6 Å². The van der Waals surface area contributed by atoms with Gasteiger partial charge in [-0.3, -0.25) is 0 Å². The molecule has 1 heterocycles. The summed E-state index contributed by atoms with van der Waals surface area (Å²) >= 11 is 5.96. The Morgan fingerprint density at radius 2 is 2.35 bits per heavy atom. The molecule has 0 saturated carbocycles. The van der Waals surface area contributed by atoms with Crippen molar-refractivity contribution in [3.63, 3.8) is 0 Å². The van der Waals surface area contributed by atoms with Gasteiger partial charge in [-0.05, 0) is 25.1 Å². The lowest BCUT2D eigenvalue weighted by molar-refractivity contribution is 0.0526. The van der Waals surface area contributed by atoms with Crippen LogP contribution in [0.15, 0.2) is 18.2 Å². The summed E-state index contributed by atoms with van der Waals surface area (Å²) in [6.45, 7) is 3.27. The number of carbonyl (C=O) groups excluding carboxylic acids is 1. The van der Waals surface area contributed by atoms with Crippen LogP contribution in [0.4, 0.5) is 0 Å². The zero-order chi connectivity index (χ0) is 12.3. The molecule has 1 atom stereocenters. The maximum Gasteiger partial charge on any atom is 0.338 e. The van der Waals surface area contributed by atoms with E-state index >= 15 is 0 Å². The molecular weight excluding hydrogens is 244 g/mol. The first-order valence-electron chi connectivity index (χ1n) is 5.41. The zero-order valence-corrected chi connectivity index (χ0v) is 10.2. The van der Waals surface area contributed by atoms with Crippen LogP contribution in [0.2, 0.25) is 5.02 Å². The van der Waals surface area contributed by atoms with Crippen LogP contribution in [0.3, 0.4) is 0 Å². The third-order valence-electron chi connectivity index (χ3n) is 2.27. The number of esters is 1. The summed E-state index contributed by atoms with van der Waals surface area (Å²) in [4.78, 5) is 11.5. The van der Waals surface area contributed by atoms with Gasteiger partial charge in [0.05, 0.1) is 23.8 Å². The van der Waals surface area contributed by atoms with E-state index in [0.29, 0.717) is 29.5 Å². The van der Waals surface area contributed by atoms with Crippen molar-refractivity contribution in [2.45, 2.75) is 13.0 Å². The molecule has 0 radical (unpaired) electrons. The Morgan fingerprint density at radius 3 is 3.00 bits per heavy atom. The van der Waals surface area contributed by atoms with Gasteiger partial charge in [-0.15, -0.1) is 0 Å². The van der Waals surface area contributed by atoms with Gasteiger partial charge in [0.15, 0.2) is 0 Å². The van der Waals surface area contributed by atoms with Gasteiger partial charge in [-0.2, -0.15) is 0 Å². The van der Waals surface area contributed by atoms with Crippen LogP contribution < -0.4 is 4.74 Å². The molecule has 2 rings (SSSR count). The van der Waals surface area contributed by atoms with E-state index in [4.69, 9.17) is 25.8 Å². The van der Waals surface area contributed by atoms with Gasteiger partial charge in [-0.1, -0.05) is 11.6 Å². The largest absolute Gasteiger partial charge is 0.489 e. The number of hydrogen-bond donors (Lipinski definition) is 0. The van der Waals surface area contributed by atoms with E-state index in [1.54, 1.807) is 25.1 Å². The second-order valence-electron chi connectivity index (χ2n) is 3.63. The second-order valence-corrected chi connectivity index (χ2v) is 4.04. The van der Waals surface area contributed by atoms with E-state index in [2.05, 4.69) is 0 Å². The zero-order valence-electron chi connectivity index (χ0n) is 9.44. The molecule has 1 unspecified atom stereocenters. The average molecular weight is 257 g/mol. The van der Waals surface area contributed by atoms with Crippen molar-refractivity contribution in [3.05, 3.63) is 28.8 Å². The van der Waals surface area contributed by atoms with Crippen LogP contribution in [0, 0.1) is 0 Å². The second kappa shape index (κ2) is 5.38. The molecule has 17 heavy (non-hydrogen) atoms. The smallest absolute Gasteiger partial charge is 0.338 e. The van der Waals surface area contributed by atoms with Gasteiger partial charge in [0.25, 0.3) is 0 Å². The Bertz CT molecular complexity index is 415. The summed E-state index contributed by atoms with van der Waals surface area (Å²) < 4.78 is 15.4. The van der Waals surface area contributed by atoms with Crippen molar-refractivity contribution in [2.24, 2.45) is 0 Å². The molecule has 1 fully saturated rings. The van der Waals surface area contributed by atoms with Crippen molar-refractivity contribution < 1.29 is 19.0 Å². The predicted octanol–water partition coefficient (Wildman–Crippen LogP) is 2.29. The summed E-state index contributed by atoms with van der Waals surface area (Å²) in [5.41, 5.74) is 0.433. The molecular formula is C12H13ClO4. The fourth-order valence-electron chi connectivity index (χ4n) is 1.30. The Labute approximate surface area is 104 Å². The lowest BCUT2D eigenvalue weighted by atomic mass is 10.2. The Hall–Kier alpha value is -1.26. The van der Waals surface area contributed by atoms with Crippen molar-refractivity contribution in [2.75, 3.05) is 19.8 Å². The topological polar surface area (TPSA) is 48.1 Å². The third-order valence-corrected chi connectivity index (χ3v) is 2.58. The van der Waals surface area contributed by atoms with E-state index in [9.17, 15) is 4.79 Å². The summed E-state index contributed by atoms with van der Waals surface area (Å²) in [6.07, 6.45) is 0.150. The van der Waals surface area contributed by atoms with Gasteiger partial charge in [-0.25, -0.2) is 4.79 Å². The highest BCUT2D eigenvalue weighted by Gasteiger charge is 2.23. The van der Waals surface area contributed by atoms with Crippen molar-refractivity contribution in [3.8, 4) is 5.75 Å².